The lowest BCUT2D eigenvalue weighted by Gasteiger charge is -2.04. The molecule has 4 aromatic rings. The van der Waals surface area contributed by atoms with Crippen LogP contribution in [0.4, 0.5) is 5.69 Å². The second-order valence-electron chi connectivity index (χ2n) is 5.80. The molecule has 2 aromatic carbocycles. The molecule has 0 unspecified atom stereocenters. The standard InChI is InChI=1S/C21H16N4OS/c26-20(24-18-6-4-17(5-7-18)21-23-12-14-27-21)10-3-16-1-8-19(9-2-16)25-13-11-22-15-25/h1-15H,(H,24,26)/b10-3+. The molecule has 2 aromatic heterocycles. The maximum atomic E-state index is 12.1. The van der Waals surface area contributed by atoms with Gasteiger partial charge in [-0.25, -0.2) is 9.97 Å². The number of thiazole rings is 1. The zero-order chi connectivity index (χ0) is 18.5. The van der Waals surface area contributed by atoms with E-state index in [0.717, 1.165) is 27.5 Å². The van der Waals surface area contributed by atoms with Gasteiger partial charge in [-0.1, -0.05) is 12.1 Å². The Morgan fingerprint density at radius 1 is 1.04 bits per heavy atom. The maximum absolute atomic E-state index is 12.1. The minimum Gasteiger partial charge on any atom is -0.323 e. The maximum Gasteiger partial charge on any atom is 0.248 e. The zero-order valence-corrected chi connectivity index (χ0v) is 15.1. The molecule has 1 N–H and O–H groups in total. The monoisotopic (exact) mass is 372 g/mol. The third kappa shape index (κ3) is 4.19. The van der Waals surface area contributed by atoms with Crippen molar-refractivity contribution in [1.29, 1.82) is 0 Å². The molecule has 0 radical (unpaired) electrons. The Labute approximate surface area is 160 Å². The second-order valence-corrected chi connectivity index (χ2v) is 6.69. The quantitative estimate of drug-likeness (QED) is 0.519. The van der Waals surface area contributed by atoms with Crippen LogP contribution in [-0.4, -0.2) is 20.4 Å². The first kappa shape index (κ1) is 16.9. The first-order chi connectivity index (χ1) is 13.3. The van der Waals surface area contributed by atoms with Crippen molar-refractivity contribution in [1.82, 2.24) is 14.5 Å². The average Bonchev–Trinajstić information content (AvgIpc) is 3.41. The van der Waals surface area contributed by atoms with Gasteiger partial charge in [-0.05, 0) is 48.0 Å². The van der Waals surface area contributed by atoms with E-state index in [0.29, 0.717) is 0 Å². The van der Waals surface area contributed by atoms with Crippen molar-refractivity contribution in [3.8, 4) is 16.3 Å². The second kappa shape index (κ2) is 7.80. The largest absolute Gasteiger partial charge is 0.323 e. The normalized spacial score (nSPS) is 11.0. The SMILES string of the molecule is O=C(/C=C/c1ccc(-n2ccnc2)cc1)Nc1ccc(-c2nccs2)cc1. The van der Waals surface area contributed by atoms with Crippen LogP contribution in [0.2, 0.25) is 0 Å². The molecule has 5 nitrogen and oxygen atoms in total. The molecule has 0 saturated carbocycles. The van der Waals surface area contributed by atoms with Gasteiger partial charge in [-0.2, -0.15) is 0 Å². The fourth-order valence-corrected chi connectivity index (χ4v) is 3.23. The van der Waals surface area contributed by atoms with Crippen molar-refractivity contribution in [3.63, 3.8) is 0 Å². The van der Waals surface area contributed by atoms with E-state index in [4.69, 9.17) is 0 Å². The average molecular weight is 372 g/mol. The number of imidazole rings is 1. The van der Waals surface area contributed by atoms with Crippen LogP contribution in [0.3, 0.4) is 0 Å². The van der Waals surface area contributed by atoms with Crippen LogP contribution in [-0.2, 0) is 4.79 Å². The molecule has 4 rings (SSSR count). The van der Waals surface area contributed by atoms with Crippen LogP contribution in [0, 0.1) is 0 Å². The van der Waals surface area contributed by atoms with E-state index in [1.165, 1.54) is 6.08 Å². The van der Waals surface area contributed by atoms with E-state index in [2.05, 4.69) is 15.3 Å². The summed E-state index contributed by atoms with van der Waals surface area (Å²) in [5, 5.41) is 5.77. The molecule has 6 heteroatoms. The summed E-state index contributed by atoms with van der Waals surface area (Å²) < 4.78 is 1.93. The van der Waals surface area contributed by atoms with Crippen LogP contribution in [0.25, 0.3) is 22.3 Å². The third-order valence-corrected chi connectivity index (χ3v) is 4.78. The molecule has 0 atom stereocenters. The van der Waals surface area contributed by atoms with E-state index >= 15 is 0 Å². The van der Waals surface area contributed by atoms with Gasteiger partial charge < -0.3 is 9.88 Å². The van der Waals surface area contributed by atoms with Crippen molar-refractivity contribution in [2.24, 2.45) is 0 Å². The van der Waals surface area contributed by atoms with E-state index in [1.54, 1.807) is 36.1 Å². The first-order valence-corrected chi connectivity index (χ1v) is 9.23. The van der Waals surface area contributed by atoms with Gasteiger partial charge in [-0.15, -0.1) is 11.3 Å². The molecule has 0 fully saturated rings. The number of carbonyl (C=O) groups excluding carboxylic acids is 1. The summed E-state index contributed by atoms with van der Waals surface area (Å²) in [7, 11) is 0. The Hall–Kier alpha value is -3.51. The lowest BCUT2D eigenvalue weighted by molar-refractivity contribution is -0.111. The predicted molar refractivity (Wildman–Crippen MR) is 109 cm³/mol. The van der Waals surface area contributed by atoms with Gasteiger partial charge in [-0.3, -0.25) is 4.79 Å². The molecule has 1 amide bonds. The molecule has 0 aliphatic rings. The lowest BCUT2D eigenvalue weighted by atomic mass is 10.2. The number of nitrogens with zero attached hydrogens (tertiary/aromatic N) is 3. The van der Waals surface area contributed by atoms with E-state index < -0.39 is 0 Å². The first-order valence-electron chi connectivity index (χ1n) is 8.35. The Morgan fingerprint density at radius 3 is 2.52 bits per heavy atom. The van der Waals surface area contributed by atoms with Crippen molar-refractivity contribution in [2.75, 3.05) is 5.32 Å². The number of benzene rings is 2. The summed E-state index contributed by atoms with van der Waals surface area (Å²) in [4.78, 5) is 20.4. The highest BCUT2D eigenvalue weighted by molar-refractivity contribution is 7.13. The number of amides is 1. The summed E-state index contributed by atoms with van der Waals surface area (Å²) in [5.41, 5.74) is 3.76. The van der Waals surface area contributed by atoms with Gasteiger partial charge in [0.05, 0.1) is 6.33 Å². The number of rotatable bonds is 5. The Balaban J connectivity index is 1.37. The molecular formula is C21H16N4OS. The van der Waals surface area contributed by atoms with Crippen molar-refractivity contribution in [3.05, 3.63) is 90.5 Å². The van der Waals surface area contributed by atoms with Crippen LogP contribution in [0.1, 0.15) is 5.56 Å². The van der Waals surface area contributed by atoms with Crippen LogP contribution >= 0.6 is 11.3 Å². The van der Waals surface area contributed by atoms with Crippen molar-refractivity contribution < 1.29 is 4.79 Å². The molecule has 0 aliphatic heterocycles. The smallest absolute Gasteiger partial charge is 0.248 e. The third-order valence-electron chi connectivity index (χ3n) is 3.95. The Kier molecular flexibility index (Phi) is 4.89. The molecule has 2 heterocycles. The number of hydrogen-bond donors (Lipinski definition) is 1. The van der Waals surface area contributed by atoms with Crippen molar-refractivity contribution in [2.45, 2.75) is 0 Å². The van der Waals surface area contributed by atoms with Crippen LogP contribution < -0.4 is 5.32 Å². The minimum absolute atomic E-state index is 0.171. The van der Waals surface area contributed by atoms with Crippen LogP contribution in [0.5, 0.6) is 0 Å². The lowest BCUT2D eigenvalue weighted by Crippen LogP contribution is -2.07. The number of anilines is 1. The van der Waals surface area contributed by atoms with Gasteiger partial charge in [0, 0.05) is 47.0 Å². The highest BCUT2D eigenvalue weighted by atomic mass is 32.1. The number of carbonyl (C=O) groups is 1. The van der Waals surface area contributed by atoms with E-state index in [9.17, 15) is 4.79 Å². The van der Waals surface area contributed by atoms with Gasteiger partial charge in [0.1, 0.15) is 5.01 Å². The van der Waals surface area contributed by atoms with Gasteiger partial charge in [0.2, 0.25) is 5.91 Å². The van der Waals surface area contributed by atoms with Crippen LogP contribution in [0.15, 0.2) is 84.9 Å². The number of aromatic nitrogens is 3. The topological polar surface area (TPSA) is 59.8 Å². The summed E-state index contributed by atoms with van der Waals surface area (Å²) in [5.74, 6) is -0.171. The Bertz CT molecular complexity index is 1030. The molecule has 0 saturated heterocycles. The molecule has 132 valence electrons. The summed E-state index contributed by atoms with van der Waals surface area (Å²) >= 11 is 1.59. The number of nitrogens with one attached hydrogen (secondary N) is 1. The fourth-order valence-electron chi connectivity index (χ4n) is 2.59. The Morgan fingerprint density at radius 2 is 1.85 bits per heavy atom. The molecule has 0 spiro atoms. The molecular weight excluding hydrogens is 356 g/mol. The summed E-state index contributed by atoms with van der Waals surface area (Å²) in [6.45, 7) is 0. The fraction of sp³-hybridized carbons (Fsp3) is 0. The highest BCUT2D eigenvalue weighted by Gasteiger charge is 2.02. The molecule has 27 heavy (non-hydrogen) atoms. The molecule has 0 bridgehead atoms. The zero-order valence-electron chi connectivity index (χ0n) is 14.3. The minimum atomic E-state index is -0.171. The summed E-state index contributed by atoms with van der Waals surface area (Å²) in [6, 6.07) is 15.5. The summed E-state index contributed by atoms with van der Waals surface area (Å²) in [6.07, 6.45) is 10.5. The van der Waals surface area contributed by atoms with E-state index in [1.807, 2.05) is 64.7 Å². The molecule has 0 aliphatic carbocycles. The van der Waals surface area contributed by atoms with Gasteiger partial charge in [0.25, 0.3) is 0 Å². The predicted octanol–water partition coefficient (Wildman–Crippen LogP) is 4.65. The van der Waals surface area contributed by atoms with Gasteiger partial charge in [0.15, 0.2) is 0 Å². The van der Waals surface area contributed by atoms with Crippen molar-refractivity contribution >= 4 is 29.0 Å². The van der Waals surface area contributed by atoms with Gasteiger partial charge >= 0.3 is 0 Å². The highest BCUT2D eigenvalue weighted by Crippen LogP contribution is 2.23. The number of hydrogen-bond acceptors (Lipinski definition) is 4. The van der Waals surface area contributed by atoms with E-state index in [-0.39, 0.29) is 5.91 Å².